The number of pyridine rings is 1. The van der Waals surface area contributed by atoms with E-state index >= 15 is 0 Å². The number of phenolic OH excluding ortho intramolecular Hbond substituents is 1. The number of hydrogen-bond acceptors (Lipinski definition) is 7. The fourth-order valence-electron chi connectivity index (χ4n) is 4.67. The number of fused-ring (bicyclic) bond motifs is 1. The topological polar surface area (TPSA) is 150 Å². The molecule has 0 spiro atoms. The molecule has 4 aromatic rings. The van der Waals surface area contributed by atoms with Crippen LogP contribution in [0.5, 0.6) is 5.75 Å². The lowest BCUT2D eigenvalue weighted by Gasteiger charge is -2.18. The first kappa shape index (κ1) is 24.5. The number of carboxylic acids is 1. The van der Waals surface area contributed by atoms with Gasteiger partial charge in [0.2, 0.25) is 0 Å². The zero-order valence-corrected chi connectivity index (χ0v) is 20.1. The summed E-state index contributed by atoms with van der Waals surface area (Å²) in [6, 6.07) is 21.5. The fraction of sp³-hybridized carbons (Fsp3) is 0.138. The Labute approximate surface area is 216 Å². The quantitative estimate of drug-likeness (QED) is 0.332. The Kier molecular flexibility index (Phi) is 6.01. The summed E-state index contributed by atoms with van der Waals surface area (Å²) in [7, 11) is 1.23. The standard InChI is InChI=1S/C29H21N3O6/c1-38-28(37)29(14-23(29)18-6-9-20(33)10-7-18)32-26(34)25-13-22(27(35)36)21-12-19(8-11-24(21)31-25)17-4-2-16(15-30)3-5-17/h2-13,23,33H,14H2,1H3,(H,32,34)(H,35,36). The highest BCUT2D eigenvalue weighted by atomic mass is 16.5. The highest BCUT2D eigenvalue weighted by Gasteiger charge is 2.63. The van der Waals surface area contributed by atoms with Crippen LogP contribution in [0.4, 0.5) is 0 Å². The molecule has 9 heteroatoms. The van der Waals surface area contributed by atoms with Crippen LogP contribution < -0.4 is 5.32 Å². The highest BCUT2D eigenvalue weighted by molar-refractivity contribution is 6.07. The van der Waals surface area contributed by atoms with E-state index in [9.17, 15) is 24.6 Å². The second-order valence-electron chi connectivity index (χ2n) is 9.05. The number of aromatic nitrogens is 1. The lowest BCUT2D eigenvalue weighted by Crippen LogP contribution is -2.45. The van der Waals surface area contributed by atoms with E-state index in [0.29, 0.717) is 16.5 Å². The summed E-state index contributed by atoms with van der Waals surface area (Å²) in [5, 5.41) is 31.6. The number of nitrogens with one attached hydrogen (secondary N) is 1. The van der Waals surface area contributed by atoms with Gasteiger partial charge in [0.05, 0.1) is 29.8 Å². The molecule has 1 fully saturated rings. The number of aromatic carboxylic acids is 1. The molecule has 1 heterocycles. The van der Waals surface area contributed by atoms with Crippen LogP contribution in [-0.2, 0) is 9.53 Å². The first-order chi connectivity index (χ1) is 18.3. The Morgan fingerprint density at radius 1 is 1.03 bits per heavy atom. The lowest BCUT2D eigenvalue weighted by atomic mass is 9.99. The van der Waals surface area contributed by atoms with Gasteiger partial charge in [0.15, 0.2) is 0 Å². The maximum absolute atomic E-state index is 13.3. The zero-order valence-electron chi connectivity index (χ0n) is 20.1. The van der Waals surface area contributed by atoms with Gasteiger partial charge < -0.3 is 20.3 Å². The first-order valence-corrected chi connectivity index (χ1v) is 11.6. The summed E-state index contributed by atoms with van der Waals surface area (Å²) < 4.78 is 4.96. The molecule has 1 aromatic heterocycles. The number of rotatable bonds is 6. The Bertz CT molecular complexity index is 1640. The second-order valence-corrected chi connectivity index (χ2v) is 9.05. The number of methoxy groups -OCH3 is 1. The van der Waals surface area contributed by atoms with Gasteiger partial charge >= 0.3 is 11.9 Å². The summed E-state index contributed by atoms with van der Waals surface area (Å²) in [6.07, 6.45) is 0.281. The first-order valence-electron chi connectivity index (χ1n) is 11.6. The van der Waals surface area contributed by atoms with Crippen LogP contribution in [0.2, 0.25) is 0 Å². The largest absolute Gasteiger partial charge is 0.508 e. The lowest BCUT2D eigenvalue weighted by molar-refractivity contribution is -0.144. The van der Waals surface area contributed by atoms with Crippen LogP contribution in [-0.4, -0.2) is 45.7 Å². The molecule has 0 aliphatic heterocycles. The molecule has 1 aliphatic rings. The predicted molar refractivity (Wildman–Crippen MR) is 137 cm³/mol. The maximum Gasteiger partial charge on any atom is 0.336 e. The van der Waals surface area contributed by atoms with Gasteiger partial charge in [-0.3, -0.25) is 4.79 Å². The van der Waals surface area contributed by atoms with Gasteiger partial charge in [-0.15, -0.1) is 0 Å². The number of carbonyl (C=O) groups excluding carboxylic acids is 2. The molecule has 9 nitrogen and oxygen atoms in total. The SMILES string of the molecule is COC(=O)C1(NC(=O)c2cc(C(=O)O)c3cc(-c4ccc(C#N)cc4)ccc3n2)CC1c1ccc(O)cc1. The minimum Gasteiger partial charge on any atom is -0.508 e. The number of carboxylic acid groups (broad SMARTS) is 1. The number of nitrogens with zero attached hydrogens (tertiary/aromatic N) is 2. The molecule has 3 N–H and O–H groups in total. The third kappa shape index (κ3) is 4.29. The van der Waals surface area contributed by atoms with Crippen molar-refractivity contribution in [1.82, 2.24) is 10.3 Å². The van der Waals surface area contributed by atoms with Crippen LogP contribution in [0, 0.1) is 11.3 Å². The zero-order chi connectivity index (χ0) is 27.0. The number of carbonyl (C=O) groups is 3. The molecule has 5 rings (SSSR count). The van der Waals surface area contributed by atoms with Crippen molar-refractivity contribution in [2.45, 2.75) is 17.9 Å². The second kappa shape index (κ2) is 9.33. The van der Waals surface area contributed by atoms with Crippen molar-refractivity contribution >= 4 is 28.7 Å². The third-order valence-corrected chi connectivity index (χ3v) is 6.76. The molecule has 2 atom stereocenters. The van der Waals surface area contributed by atoms with E-state index < -0.39 is 23.4 Å². The van der Waals surface area contributed by atoms with Crippen molar-refractivity contribution in [1.29, 1.82) is 5.26 Å². The van der Waals surface area contributed by atoms with Gasteiger partial charge in [-0.2, -0.15) is 5.26 Å². The number of amides is 1. The molecule has 0 saturated heterocycles. The van der Waals surface area contributed by atoms with E-state index in [4.69, 9.17) is 10.00 Å². The van der Waals surface area contributed by atoms with Crippen molar-refractivity contribution in [2.24, 2.45) is 0 Å². The summed E-state index contributed by atoms with van der Waals surface area (Å²) in [6.45, 7) is 0. The highest BCUT2D eigenvalue weighted by Crippen LogP contribution is 2.52. The van der Waals surface area contributed by atoms with E-state index in [1.165, 1.54) is 25.3 Å². The number of hydrogen-bond donors (Lipinski definition) is 3. The van der Waals surface area contributed by atoms with Gasteiger partial charge in [0, 0.05) is 11.3 Å². The Balaban J connectivity index is 1.49. The van der Waals surface area contributed by atoms with Crippen LogP contribution in [0.1, 0.15) is 44.3 Å². The molecule has 1 aliphatic carbocycles. The van der Waals surface area contributed by atoms with Crippen molar-refractivity contribution in [3.63, 3.8) is 0 Å². The molecule has 0 bridgehead atoms. The number of esters is 1. The van der Waals surface area contributed by atoms with Gasteiger partial charge in [-0.25, -0.2) is 14.6 Å². The Hall–Kier alpha value is -5.23. The minimum atomic E-state index is -1.33. The van der Waals surface area contributed by atoms with Gasteiger partial charge in [-0.1, -0.05) is 30.3 Å². The van der Waals surface area contributed by atoms with E-state index in [1.807, 2.05) is 0 Å². The van der Waals surface area contributed by atoms with Crippen molar-refractivity contribution in [3.05, 3.63) is 95.2 Å². The average molecular weight is 508 g/mol. The third-order valence-electron chi connectivity index (χ3n) is 6.76. The van der Waals surface area contributed by atoms with Crippen LogP contribution in [0.25, 0.3) is 22.0 Å². The molecule has 1 amide bonds. The smallest absolute Gasteiger partial charge is 0.336 e. The van der Waals surface area contributed by atoms with E-state index in [0.717, 1.165) is 16.7 Å². The van der Waals surface area contributed by atoms with Crippen LogP contribution >= 0.6 is 0 Å². The summed E-state index contributed by atoms with van der Waals surface area (Å²) >= 11 is 0. The average Bonchev–Trinajstić information content (AvgIpc) is 3.66. The van der Waals surface area contributed by atoms with Crippen molar-refractivity contribution in [2.75, 3.05) is 7.11 Å². The van der Waals surface area contributed by atoms with E-state index in [-0.39, 0.29) is 29.3 Å². The van der Waals surface area contributed by atoms with E-state index in [1.54, 1.807) is 54.6 Å². The number of benzene rings is 3. The van der Waals surface area contributed by atoms with Gasteiger partial charge in [-0.05, 0) is 65.6 Å². The molecular weight excluding hydrogens is 486 g/mol. The maximum atomic E-state index is 13.3. The number of ether oxygens (including phenoxy) is 1. The van der Waals surface area contributed by atoms with E-state index in [2.05, 4.69) is 16.4 Å². The monoisotopic (exact) mass is 507 g/mol. The predicted octanol–water partition coefficient (Wildman–Crippen LogP) is 4.01. The summed E-state index contributed by atoms with van der Waals surface area (Å²) in [4.78, 5) is 42.5. The Morgan fingerprint density at radius 2 is 1.71 bits per heavy atom. The molecule has 38 heavy (non-hydrogen) atoms. The number of aromatic hydroxyl groups is 1. The van der Waals surface area contributed by atoms with Crippen molar-refractivity contribution < 1.29 is 29.3 Å². The molecule has 188 valence electrons. The number of nitriles is 1. The van der Waals surface area contributed by atoms with Crippen LogP contribution in [0.15, 0.2) is 72.8 Å². The summed E-state index contributed by atoms with van der Waals surface area (Å²) in [5.74, 6) is -2.88. The Morgan fingerprint density at radius 3 is 2.34 bits per heavy atom. The van der Waals surface area contributed by atoms with Gasteiger partial charge in [0.25, 0.3) is 5.91 Å². The fourth-order valence-corrected chi connectivity index (χ4v) is 4.67. The molecule has 0 radical (unpaired) electrons. The normalized spacial score (nSPS) is 17.8. The molecule has 3 aromatic carbocycles. The van der Waals surface area contributed by atoms with Gasteiger partial charge in [0.1, 0.15) is 17.0 Å². The number of phenols is 1. The minimum absolute atomic E-state index is 0.0750. The molecular formula is C29H21N3O6. The molecule has 2 unspecified atom stereocenters. The molecule has 1 saturated carbocycles. The van der Waals surface area contributed by atoms with Crippen LogP contribution in [0.3, 0.4) is 0 Å². The summed E-state index contributed by atoms with van der Waals surface area (Å²) in [5.41, 5.74) is 1.45. The van der Waals surface area contributed by atoms with Crippen molar-refractivity contribution in [3.8, 4) is 22.9 Å².